The number of methoxy groups -OCH3 is 1. The van der Waals surface area contributed by atoms with Crippen LogP contribution in [0.2, 0.25) is 0 Å². The van der Waals surface area contributed by atoms with Crippen molar-refractivity contribution in [2.24, 2.45) is 0 Å². The van der Waals surface area contributed by atoms with E-state index in [9.17, 15) is 9.59 Å². The van der Waals surface area contributed by atoms with E-state index in [-0.39, 0.29) is 11.9 Å². The zero-order valence-corrected chi connectivity index (χ0v) is 14.4. The summed E-state index contributed by atoms with van der Waals surface area (Å²) in [6.07, 6.45) is 0. The number of carbonyl (C=O) groups is 1. The molecule has 0 aliphatic heterocycles. The minimum absolute atomic E-state index is 0.264. The minimum atomic E-state index is -0.701. The van der Waals surface area contributed by atoms with E-state index in [0.717, 1.165) is 5.56 Å². The number of carbonyl (C=O) groups excluding carboxylic acids is 1. The SMILES string of the molecule is COc1ccccc1C(C)NC(=O)C(C)n1c(=O)oc2ccccc21. The number of ether oxygens (including phenoxy) is 1. The first-order valence-corrected chi connectivity index (χ1v) is 8.06. The van der Waals surface area contributed by atoms with E-state index in [4.69, 9.17) is 9.15 Å². The summed E-state index contributed by atoms with van der Waals surface area (Å²) in [5.74, 6) is -0.116. The van der Waals surface area contributed by atoms with Gasteiger partial charge in [-0.25, -0.2) is 4.79 Å². The fourth-order valence-corrected chi connectivity index (χ4v) is 2.90. The number of nitrogens with one attached hydrogen (secondary N) is 1. The first-order chi connectivity index (χ1) is 12.0. The lowest BCUT2D eigenvalue weighted by Crippen LogP contribution is -2.35. The molecule has 0 aliphatic rings. The number of fused-ring (bicyclic) bond motifs is 1. The number of hydrogen-bond acceptors (Lipinski definition) is 4. The van der Waals surface area contributed by atoms with Crippen molar-refractivity contribution in [1.29, 1.82) is 0 Å². The van der Waals surface area contributed by atoms with Gasteiger partial charge in [0.1, 0.15) is 11.8 Å². The van der Waals surface area contributed by atoms with Gasteiger partial charge < -0.3 is 14.5 Å². The van der Waals surface area contributed by atoms with E-state index in [2.05, 4.69) is 5.32 Å². The molecule has 3 aromatic rings. The van der Waals surface area contributed by atoms with Crippen LogP contribution in [0.25, 0.3) is 11.1 Å². The van der Waals surface area contributed by atoms with Gasteiger partial charge in [0.25, 0.3) is 0 Å². The van der Waals surface area contributed by atoms with Crippen molar-refractivity contribution in [1.82, 2.24) is 9.88 Å². The molecule has 3 rings (SSSR count). The Morgan fingerprint density at radius 1 is 1.12 bits per heavy atom. The smallest absolute Gasteiger partial charge is 0.420 e. The third-order valence-corrected chi connectivity index (χ3v) is 4.25. The van der Waals surface area contributed by atoms with Crippen molar-refractivity contribution >= 4 is 17.0 Å². The number of amides is 1. The zero-order valence-electron chi connectivity index (χ0n) is 14.4. The summed E-state index contributed by atoms with van der Waals surface area (Å²) in [6.45, 7) is 3.55. The molecule has 25 heavy (non-hydrogen) atoms. The van der Waals surface area contributed by atoms with Crippen LogP contribution in [0.3, 0.4) is 0 Å². The van der Waals surface area contributed by atoms with Crippen LogP contribution in [0, 0.1) is 0 Å². The molecular weight excluding hydrogens is 320 g/mol. The monoisotopic (exact) mass is 340 g/mol. The Balaban J connectivity index is 1.85. The highest BCUT2D eigenvalue weighted by molar-refractivity contribution is 5.83. The Morgan fingerprint density at radius 3 is 2.56 bits per heavy atom. The highest BCUT2D eigenvalue weighted by Crippen LogP contribution is 2.25. The van der Waals surface area contributed by atoms with Crippen LogP contribution in [0.15, 0.2) is 57.7 Å². The second-order valence-corrected chi connectivity index (χ2v) is 5.85. The van der Waals surface area contributed by atoms with E-state index in [1.165, 1.54) is 4.57 Å². The first kappa shape index (κ1) is 16.8. The molecule has 0 saturated heterocycles. The second kappa shape index (κ2) is 6.84. The summed E-state index contributed by atoms with van der Waals surface area (Å²) in [4.78, 5) is 24.8. The zero-order chi connectivity index (χ0) is 18.0. The summed E-state index contributed by atoms with van der Waals surface area (Å²) < 4.78 is 11.9. The molecule has 0 spiro atoms. The van der Waals surface area contributed by atoms with Gasteiger partial charge in [0.15, 0.2) is 5.58 Å². The number of nitrogens with zero attached hydrogens (tertiary/aromatic N) is 1. The molecule has 2 aromatic carbocycles. The quantitative estimate of drug-likeness (QED) is 0.775. The molecule has 2 atom stereocenters. The lowest BCUT2D eigenvalue weighted by atomic mass is 10.1. The number of hydrogen-bond donors (Lipinski definition) is 1. The van der Waals surface area contributed by atoms with Crippen molar-refractivity contribution in [3.05, 3.63) is 64.6 Å². The van der Waals surface area contributed by atoms with E-state index in [0.29, 0.717) is 16.8 Å². The molecule has 1 N–H and O–H groups in total. The Bertz CT molecular complexity index is 957. The average Bonchev–Trinajstić information content (AvgIpc) is 2.96. The van der Waals surface area contributed by atoms with Crippen LogP contribution in [0.4, 0.5) is 0 Å². The fourth-order valence-electron chi connectivity index (χ4n) is 2.90. The summed E-state index contributed by atoms with van der Waals surface area (Å²) in [6, 6.07) is 13.6. The summed E-state index contributed by atoms with van der Waals surface area (Å²) in [5, 5.41) is 2.93. The predicted octanol–water partition coefficient (Wildman–Crippen LogP) is 3.04. The van der Waals surface area contributed by atoms with Crippen LogP contribution < -0.4 is 15.8 Å². The second-order valence-electron chi connectivity index (χ2n) is 5.85. The third-order valence-electron chi connectivity index (χ3n) is 4.25. The van der Waals surface area contributed by atoms with Crippen molar-refractivity contribution in [3.63, 3.8) is 0 Å². The van der Waals surface area contributed by atoms with E-state index in [1.54, 1.807) is 38.3 Å². The number of para-hydroxylation sites is 3. The lowest BCUT2D eigenvalue weighted by molar-refractivity contribution is -0.124. The highest BCUT2D eigenvalue weighted by Gasteiger charge is 2.23. The maximum absolute atomic E-state index is 12.7. The van der Waals surface area contributed by atoms with Crippen molar-refractivity contribution in [2.75, 3.05) is 7.11 Å². The molecule has 0 fully saturated rings. The van der Waals surface area contributed by atoms with Crippen molar-refractivity contribution in [3.8, 4) is 5.75 Å². The summed E-state index contributed by atoms with van der Waals surface area (Å²) in [7, 11) is 1.59. The number of aromatic nitrogens is 1. The third kappa shape index (κ3) is 3.15. The molecule has 0 radical (unpaired) electrons. The average molecular weight is 340 g/mol. The van der Waals surface area contributed by atoms with Gasteiger partial charge in [-0.3, -0.25) is 9.36 Å². The molecular formula is C19H20N2O4. The number of benzene rings is 2. The fraction of sp³-hybridized carbons (Fsp3) is 0.263. The van der Waals surface area contributed by atoms with Gasteiger partial charge in [-0.1, -0.05) is 30.3 Å². The molecule has 2 unspecified atom stereocenters. The molecule has 0 aliphatic carbocycles. The van der Waals surface area contributed by atoms with Gasteiger partial charge in [-0.2, -0.15) is 0 Å². The Morgan fingerprint density at radius 2 is 1.80 bits per heavy atom. The molecule has 6 nitrogen and oxygen atoms in total. The molecule has 130 valence electrons. The van der Waals surface area contributed by atoms with E-state index in [1.807, 2.05) is 31.2 Å². The minimum Gasteiger partial charge on any atom is -0.496 e. The predicted molar refractivity (Wildman–Crippen MR) is 94.7 cm³/mol. The van der Waals surface area contributed by atoms with Crippen LogP contribution in [0.5, 0.6) is 5.75 Å². The Kier molecular flexibility index (Phi) is 4.61. The van der Waals surface area contributed by atoms with Gasteiger partial charge in [-0.15, -0.1) is 0 Å². The first-order valence-electron chi connectivity index (χ1n) is 8.06. The molecule has 1 amide bonds. The van der Waals surface area contributed by atoms with Crippen LogP contribution >= 0.6 is 0 Å². The van der Waals surface area contributed by atoms with Gasteiger partial charge in [0.05, 0.1) is 18.7 Å². The largest absolute Gasteiger partial charge is 0.496 e. The number of oxazole rings is 1. The van der Waals surface area contributed by atoms with Crippen molar-refractivity contribution in [2.45, 2.75) is 25.9 Å². The van der Waals surface area contributed by atoms with Crippen LogP contribution in [0.1, 0.15) is 31.5 Å². The van der Waals surface area contributed by atoms with Gasteiger partial charge in [-0.05, 0) is 32.0 Å². The molecule has 1 heterocycles. The van der Waals surface area contributed by atoms with Gasteiger partial charge >= 0.3 is 5.76 Å². The summed E-state index contributed by atoms with van der Waals surface area (Å²) >= 11 is 0. The molecule has 0 saturated carbocycles. The van der Waals surface area contributed by atoms with Gasteiger partial charge in [0.2, 0.25) is 5.91 Å². The standard InChI is InChI=1S/C19H20N2O4/c1-12(14-8-4-6-10-16(14)24-3)20-18(22)13(2)21-15-9-5-7-11-17(15)25-19(21)23/h4-13H,1-3H3,(H,20,22). The van der Waals surface area contributed by atoms with Crippen molar-refractivity contribution < 1.29 is 13.9 Å². The van der Waals surface area contributed by atoms with Crippen LogP contribution in [-0.4, -0.2) is 17.6 Å². The Labute approximate surface area is 145 Å². The maximum Gasteiger partial charge on any atom is 0.420 e. The van der Waals surface area contributed by atoms with Crippen LogP contribution in [-0.2, 0) is 4.79 Å². The van der Waals surface area contributed by atoms with Gasteiger partial charge in [0, 0.05) is 5.56 Å². The molecule has 0 bridgehead atoms. The Hall–Kier alpha value is -3.02. The normalized spacial score (nSPS) is 13.4. The highest BCUT2D eigenvalue weighted by atomic mass is 16.5. The number of rotatable bonds is 5. The maximum atomic E-state index is 12.7. The lowest BCUT2D eigenvalue weighted by Gasteiger charge is -2.20. The summed E-state index contributed by atoms with van der Waals surface area (Å²) in [5.41, 5.74) is 1.93. The van der Waals surface area contributed by atoms with E-state index >= 15 is 0 Å². The topological polar surface area (TPSA) is 73.5 Å². The molecule has 6 heteroatoms. The van der Waals surface area contributed by atoms with E-state index < -0.39 is 11.8 Å². The molecule has 1 aromatic heterocycles.